The van der Waals surface area contributed by atoms with Crippen molar-refractivity contribution in [1.29, 1.82) is 0 Å². The van der Waals surface area contributed by atoms with Crippen LogP contribution in [0.25, 0.3) is 11.0 Å². The van der Waals surface area contributed by atoms with Gasteiger partial charge in [-0.3, -0.25) is 9.59 Å². The van der Waals surface area contributed by atoms with E-state index < -0.39 is 6.03 Å². The zero-order chi connectivity index (χ0) is 29.5. The maximum Gasteiger partial charge on any atom is 0.322 e. The monoisotopic (exact) mass is 557 g/mol. The summed E-state index contributed by atoms with van der Waals surface area (Å²) in [7, 11) is 0. The van der Waals surface area contributed by atoms with Crippen LogP contribution in [-0.2, 0) is 17.9 Å². The average Bonchev–Trinajstić information content (AvgIpc) is 2.95. The van der Waals surface area contributed by atoms with Crippen molar-refractivity contribution in [2.75, 3.05) is 18.4 Å². The standard InChI is InChI=1S/C33H36FN3O4/c1-22(2)17-37(33(40)35-28-15-11-25(12-16-28)23(3)4)20-31(38)36(18-24-9-13-27(34)14-10-24)19-26-21-41-30-8-6-5-7-29(30)32(26)39/h5-16,21-23H,17-20H2,1-4H3,(H,35,40). The number of amides is 3. The largest absolute Gasteiger partial charge is 0.464 e. The first-order valence-corrected chi connectivity index (χ1v) is 13.8. The van der Waals surface area contributed by atoms with Crippen LogP contribution in [0, 0.1) is 11.7 Å². The van der Waals surface area contributed by atoms with E-state index in [0.717, 1.165) is 5.56 Å². The Labute approximate surface area is 239 Å². The number of halogens is 1. The summed E-state index contributed by atoms with van der Waals surface area (Å²) in [6.07, 6.45) is 1.37. The Hall–Kier alpha value is -4.46. The summed E-state index contributed by atoms with van der Waals surface area (Å²) in [6, 6.07) is 20.0. The van der Waals surface area contributed by atoms with Gasteiger partial charge in [-0.25, -0.2) is 9.18 Å². The number of benzene rings is 3. The number of carbonyl (C=O) groups is 2. The van der Waals surface area contributed by atoms with E-state index in [1.165, 1.54) is 28.2 Å². The van der Waals surface area contributed by atoms with Crippen LogP contribution in [0.1, 0.15) is 50.3 Å². The zero-order valence-corrected chi connectivity index (χ0v) is 23.9. The molecule has 1 heterocycles. The molecule has 0 bridgehead atoms. The number of anilines is 1. The number of hydrogen-bond donors (Lipinski definition) is 1. The molecule has 0 saturated heterocycles. The Morgan fingerprint density at radius 3 is 2.22 bits per heavy atom. The van der Waals surface area contributed by atoms with Gasteiger partial charge in [0.1, 0.15) is 17.9 Å². The summed E-state index contributed by atoms with van der Waals surface area (Å²) in [5.74, 6) is -0.266. The first-order valence-electron chi connectivity index (χ1n) is 13.8. The molecule has 0 spiro atoms. The zero-order valence-electron chi connectivity index (χ0n) is 23.9. The fourth-order valence-corrected chi connectivity index (χ4v) is 4.55. The molecule has 0 unspecified atom stereocenters. The lowest BCUT2D eigenvalue weighted by Gasteiger charge is -2.29. The number of urea groups is 1. The Morgan fingerprint density at radius 2 is 1.56 bits per heavy atom. The van der Waals surface area contributed by atoms with Crippen LogP contribution >= 0.6 is 0 Å². The molecule has 1 aromatic heterocycles. The quantitative estimate of drug-likeness (QED) is 0.233. The molecule has 0 aliphatic heterocycles. The Bertz CT molecular complexity index is 1550. The molecule has 4 aromatic rings. The van der Waals surface area contributed by atoms with Gasteiger partial charge in [0.05, 0.1) is 23.8 Å². The van der Waals surface area contributed by atoms with Crippen molar-refractivity contribution in [3.05, 3.63) is 112 Å². The van der Waals surface area contributed by atoms with Gasteiger partial charge in [-0.2, -0.15) is 0 Å². The van der Waals surface area contributed by atoms with E-state index >= 15 is 0 Å². The van der Waals surface area contributed by atoms with Gasteiger partial charge in [-0.05, 0) is 59.4 Å². The van der Waals surface area contributed by atoms with Crippen molar-refractivity contribution in [1.82, 2.24) is 9.80 Å². The van der Waals surface area contributed by atoms with Gasteiger partial charge in [-0.15, -0.1) is 0 Å². The lowest BCUT2D eigenvalue weighted by atomic mass is 10.0. The summed E-state index contributed by atoms with van der Waals surface area (Å²) >= 11 is 0. The van der Waals surface area contributed by atoms with Crippen LogP contribution < -0.4 is 10.7 Å². The van der Waals surface area contributed by atoms with Crippen LogP contribution in [0.2, 0.25) is 0 Å². The second kappa shape index (κ2) is 13.3. The Balaban J connectivity index is 1.58. The Morgan fingerprint density at radius 1 is 0.878 bits per heavy atom. The molecule has 8 heteroatoms. The Kier molecular flexibility index (Phi) is 9.55. The molecule has 0 saturated carbocycles. The van der Waals surface area contributed by atoms with E-state index in [4.69, 9.17) is 4.42 Å². The molecule has 0 aliphatic rings. The number of hydrogen-bond acceptors (Lipinski definition) is 4. The number of fused-ring (bicyclic) bond motifs is 1. The molecule has 3 aromatic carbocycles. The van der Waals surface area contributed by atoms with Gasteiger partial charge < -0.3 is 19.5 Å². The first kappa shape index (κ1) is 29.5. The van der Waals surface area contributed by atoms with Gasteiger partial charge >= 0.3 is 6.03 Å². The minimum Gasteiger partial charge on any atom is -0.464 e. The third kappa shape index (κ3) is 7.81. The van der Waals surface area contributed by atoms with Crippen LogP contribution in [0.15, 0.2) is 88.3 Å². The molecular weight excluding hydrogens is 521 g/mol. The third-order valence-electron chi connectivity index (χ3n) is 6.78. The summed E-state index contributed by atoms with van der Waals surface area (Å²) in [6.45, 7) is 8.39. The molecule has 4 rings (SSSR count). The highest BCUT2D eigenvalue weighted by Crippen LogP contribution is 2.19. The molecule has 214 valence electrons. The topological polar surface area (TPSA) is 82.9 Å². The number of rotatable bonds is 10. The molecular formula is C33H36FN3O4. The third-order valence-corrected chi connectivity index (χ3v) is 6.78. The molecule has 0 radical (unpaired) electrons. The normalized spacial score (nSPS) is 11.2. The maximum atomic E-state index is 13.8. The molecule has 1 N–H and O–H groups in total. The van der Waals surface area contributed by atoms with Crippen molar-refractivity contribution in [2.45, 2.75) is 46.7 Å². The smallest absolute Gasteiger partial charge is 0.322 e. The van der Waals surface area contributed by atoms with Crippen molar-refractivity contribution in [3.8, 4) is 0 Å². The number of nitrogens with zero attached hydrogens (tertiary/aromatic N) is 2. The molecule has 0 atom stereocenters. The van der Waals surface area contributed by atoms with Crippen molar-refractivity contribution in [3.63, 3.8) is 0 Å². The highest BCUT2D eigenvalue weighted by Gasteiger charge is 2.24. The van der Waals surface area contributed by atoms with Gasteiger partial charge in [0.25, 0.3) is 0 Å². The van der Waals surface area contributed by atoms with E-state index in [9.17, 15) is 18.8 Å². The van der Waals surface area contributed by atoms with Crippen molar-refractivity contribution in [2.24, 2.45) is 5.92 Å². The van der Waals surface area contributed by atoms with E-state index in [1.807, 2.05) is 38.1 Å². The fourth-order valence-electron chi connectivity index (χ4n) is 4.55. The number of nitrogens with one attached hydrogen (secondary N) is 1. The highest BCUT2D eigenvalue weighted by molar-refractivity contribution is 5.92. The van der Waals surface area contributed by atoms with Crippen LogP contribution in [0.4, 0.5) is 14.9 Å². The van der Waals surface area contributed by atoms with Crippen LogP contribution in [0.5, 0.6) is 0 Å². The predicted octanol–water partition coefficient (Wildman–Crippen LogP) is 6.77. The number of carbonyl (C=O) groups excluding carboxylic acids is 2. The van der Waals surface area contributed by atoms with E-state index in [2.05, 4.69) is 19.2 Å². The lowest BCUT2D eigenvalue weighted by molar-refractivity contribution is -0.133. The SMILES string of the molecule is CC(C)CN(CC(=O)N(Cc1ccc(F)cc1)Cc1coc2ccccc2c1=O)C(=O)Nc1ccc(C(C)C)cc1. The van der Waals surface area contributed by atoms with Gasteiger partial charge in [0, 0.05) is 18.8 Å². The minimum atomic E-state index is -0.392. The summed E-state index contributed by atoms with van der Waals surface area (Å²) in [4.78, 5) is 43.3. The van der Waals surface area contributed by atoms with E-state index in [-0.39, 0.29) is 42.7 Å². The van der Waals surface area contributed by atoms with E-state index in [1.54, 1.807) is 36.4 Å². The predicted molar refractivity (Wildman–Crippen MR) is 159 cm³/mol. The molecule has 3 amide bonds. The highest BCUT2D eigenvalue weighted by atomic mass is 19.1. The average molecular weight is 558 g/mol. The van der Waals surface area contributed by atoms with Crippen LogP contribution in [-0.4, -0.2) is 34.8 Å². The summed E-state index contributed by atoms with van der Waals surface area (Å²) < 4.78 is 19.2. The second-order valence-corrected chi connectivity index (χ2v) is 10.9. The van der Waals surface area contributed by atoms with Gasteiger partial charge in [0.2, 0.25) is 5.91 Å². The molecule has 0 aliphatic carbocycles. The molecule has 7 nitrogen and oxygen atoms in total. The summed E-state index contributed by atoms with van der Waals surface area (Å²) in [5.41, 5.74) is 3.02. The lowest BCUT2D eigenvalue weighted by Crippen LogP contribution is -2.45. The summed E-state index contributed by atoms with van der Waals surface area (Å²) in [5, 5.41) is 3.32. The minimum absolute atomic E-state index is 0.0306. The van der Waals surface area contributed by atoms with Crippen LogP contribution in [0.3, 0.4) is 0 Å². The van der Waals surface area contributed by atoms with Crippen molar-refractivity contribution >= 4 is 28.6 Å². The van der Waals surface area contributed by atoms with Gasteiger partial charge in [0.15, 0.2) is 5.43 Å². The first-order chi connectivity index (χ1) is 19.6. The van der Waals surface area contributed by atoms with E-state index in [0.29, 0.717) is 40.2 Å². The number of para-hydroxylation sites is 1. The van der Waals surface area contributed by atoms with Gasteiger partial charge in [-0.1, -0.05) is 64.1 Å². The molecule has 41 heavy (non-hydrogen) atoms. The maximum absolute atomic E-state index is 13.8. The molecule has 0 fully saturated rings. The van der Waals surface area contributed by atoms with Crippen molar-refractivity contribution < 1.29 is 18.4 Å². The second-order valence-electron chi connectivity index (χ2n) is 10.9. The fraction of sp³-hybridized carbons (Fsp3) is 0.303.